The van der Waals surface area contributed by atoms with Gasteiger partial charge in [-0.2, -0.15) is 0 Å². The maximum absolute atomic E-state index is 13.0. The molecule has 16 nitrogen and oxygen atoms in total. The van der Waals surface area contributed by atoms with Crippen LogP contribution in [0, 0.1) is 0 Å². The van der Waals surface area contributed by atoms with Gasteiger partial charge in [0.1, 0.15) is 25.4 Å². The Morgan fingerprint density at radius 1 is 0.228 bits per heavy atom. The third kappa shape index (κ3) is 96.9. The molecule has 702 valence electrons. The van der Waals surface area contributed by atoms with E-state index in [4.69, 9.17) is 32.3 Å². The van der Waals surface area contributed by atoms with Crippen molar-refractivity contribution >= 4 is 33.6 Å². The number of hydrogen-bond acceptors (Lipinski definition) is 14. The Morgan fingerprint density at radius 3 is 0.667 bits per heavy atom. The molecule has 5 atom stereocenters. The molecular formula is C105H176O16P2. The molecule has 0 aromatic carbocycles. The van der Waals surface area contributed by atoms with Gasteiger partial charge in [0, 0.05) is 19.3 Å². The molecule has 0 fully saturated rings. The van der Waals surface area contributed by atoms with Crippen LogP contribution in [0.15, 0.2) is 194 Å². The van der Waals surface area contributed by atoms with E-state index in [1.807, 2.05) is 12.2 Å². The van der Waals surface area contributed by atoms with Gasteiger partial charge in [0.25, 0.3) is 0 Å². The Bertz CT molecular complexity index is 3020. The smallest absolute Gasteiger partial charge is 0.463 e. The minimum absolute atomic E-state index is 0.0233. The number of aliphatic hydroxyl groups excluding tert-OH is 2. The number of hydrogen-bond donors (Lipinski definition) is 4. The van der Waals surface area contributed by atoms with Gasteiger partial charge in [-0.25, -0.2) is 9.13 Å². The minimum Gasteiger partial charge on any atom is -0.463 e. The summed E-state index contributed by atoms with van der Waals surface area (Å²) in [6, 6.07) is 0. The predicted octanol–water partition coefficient (Wildman–Crippen LogP) is 30.6. The van der Waals surface area contributed by atoms with Crippen molar-refractivity contribution in [1.29, 1.82) is 0 Å². The van der Waals surface area contributed by atoms with Crippen LogP contribution in [-0.4, -0.2) is 95.9 Å². The standard InChI is InChI=1S/C105H176O16P2/c1-4-7-10-13-16-19-22-25-28-31-33-35-37-39-41-43-45-47-49-51-53-55-57-59-61-63-65-68-70-73-76-79-82-85-88-91-103(108)115-94-100(106)95-117-122(111,112)118-96-101(107)97-119-123(113,114)120-99-102(121-105(110)93-90-87-84-81-78-75-72-67-30-27-24-21-18-15-12-9-6-3)98-116-104(109)92-89-86-83-80-77-74-71-69-66-64-62-60-58-56-54-52-50-48-46-44-42-40-38-36-34-32-29-26-23-20-17-14-11-8-5-2/h7-12,16-21,25-30,33-36,39-42,45,47,72,75,81,84,100-102,106-107H,4-6,13-15,22-24,31-32,37-38,43-44,46,48-71,73-74,76-80,82-83,85-99H2,1-3H3,(H,111,112)(H,113,114)/b10-7-,11-8-,12-9-,19-16-,20-17-,21-18-,28-25-,29-26-,30-27-,35-33-,36-34-,41-39-,42-40-,47-45-,75-72-,84-81-. The van der Waals surface area contributed by atoms with Gasteiger partial charge in [-0.3, -0.25) is 32.5 Å². The number of ether oxygens (including phenoxy) is 3. The van der Waals surface area contributed by atoms with Gasteiger partial charge in [0.05, 0.1) is 26.4 Å². The van der Waals surface area contributed by atoms with E-state index in [9.17, 15) is 43.5 Å². The van der Waals surface area contributed by atoms with Crippen molar-refractivity contribution in [3.8, 4) is 0 Å². The lowest BCUT2D eigenvalue weighted by Crippen LogP contribution is -2.30. The summed E-state index contributed by atoms with van der Waals surface area (Å²) >= 11 is 0. The first kappa shape index (κ1) is 117. The second kappa shape index (κ2) is 95.5. The van der Waals surface area contributed by atoms with Crippen molar-refractivity contribution in [1.82, 2.24) is 0 Å². The maximum atomic E-state index is 13.0. The molecule has 18 heteroatoms. The summed E-state index contributed by atoms with van der Waals surface area (Å²) in [6.45, 7) is 2.31. The molecule has 0 radical (unpaired) electrons. The van der Waals surface area contributed by atoms with E-state index >= 15 is 0 Å². The lowest BCUT2D eigenvalue weighted by atomic mass is 10.0. The molecule has 0 amide bonds. The molecule has 0 aliphatic carbocycles. The zero-order valence-corrected chi connectivity index (χ0v) is 79.3. The molecule has 0 aliphatic rings. The fourth-order valence-corrected chi connectivity index (χ4v) is 14.6. The number of aliphatic hydroxyl groups is 2. The predicted molar refractivity (Wildman–Crippen MR) is 518 cm³/mol. The number of rotatable bonds is 91. The number of carbonyl (C=O) groups is 3. The third-order valence-electron chi connectivity index (χ3n) is 20.3. The highest BCUT2D eigenvalue weighted by Gasteiger charge is 2.30. The molecule has 0 rings (SSSR count). The summed E-state index contributed by atoms with van der Waals surface area (Å²) in [5.74, 6) is -1.64. The van der Waals surface area contributed by atoms with Gasteiger partial charge in [-0.1, -0.05) is 414 Å². The average Bonchev–Trinajstić information content (AvgIpc) is 0.897. The van der Waals surface area contributed by atoms with Gasteiger partial charge in [-0.05, 0) is 154 Å². The molecule has 0 aromatic heterocycles. The van der Waals surface area contributed by atoms with Crippen LogP contribution in [0.4, 0.5) is 0 Å². The summed E-state index contributed by atoms with van der Waals surface area (Å²) < 4.78 is 61.4. The molecule has 0 aromatic rings. The molecule has 5 unspecified atom stereocenters. The second-order valence-corrected chi connectivity index (χ2v) is 35.0. The molecule has 123 heavy (non-hydrogen) atoms. The number of phosphoric acid groups is 2. The molecule has 4 N–H and O–H groups in total. The van der Waals surface area contributed by atoms with E-state index in [1.54, 1.807) is 0 Å². The zero-order valence-electron chi connectivity index (χ0n) is 77.5. The van der Waals surface area contributed by atoms with E-state index in [-0.39, 0.29) is 19.3 Å². The summed E-state index contributed by atoms with van der Waals surface area (Å²) in [5.41, 5.74) is 0. The summed E-state index contributed by atoms with van der Waals surface area (Å²) in [4.78, 5) is 59.0. The molecule has 0 aliphatic heterocycles. The molecule has 0 bridgehead atoms. The second-order valence-electron chi connectivity index (χ2n) is 32.1. The topological polar surface area (TPSA) is 231 Å². The summed E-state index contributed by atoms with van der Waals surface area (Å²) in [7, 11) is -9.83. The Hall–Kier alpha value is -5.61. The number of unbranched alkanes of at least 4 members (excludes halogenated alkanes) is 36. The third-order valence-corrected chi connectivity index (χ3v) is 22.2. The number of phosphoric ester groups is 2. The highest BCUT2D eigenvalue weighted by Crippen LogP contribution is 2.45. The van der Waals surface area contributed by atoms with Gasteiger partial charge >= 0.3 is 33.6 Å². The normalized spacial score (nSPS) is 14.6. The Morgan fingerprint density at radius 2 is 0.415 bits per heavy atom. The van der Waals surface area contributed by atoms with Crippen LogP contribution in [0.1, 0.15) is 393 Å². The lowest BCUT2D eigenvalue weighted by Gasteiger charge is -2.21. The van der Waals surface area contributed by atoms with E-state index in [2.05, 4.69) is 203 Å². The van der Waals surface area contributed by atoms with Gasteiger partial charge in [0.15, 0.2) is 6.10 Å². The summed E-state index contributed by atoms with van der Waals surface area (Å²) in [6.07, 6.45) is 128. The maximum Gasteiger partial charge on any atom is 0.472 e. The number of esters is 3. The monoisotopic (exact) mass is 1760 g/mol. The molecule has 0 heterocycles. The van der Waals surface area contributed by atoms with Gasteiger partial charge in [0.2, 0.25) is 0 Å². The Kier molecular flexibility index (Phi) is 91.1. The van der Waals surface area contributed by atoms with Crippen molar-refractivity contribution in [2.24, 2.45) is 0 Å². The zero-order chi connectivity index (χ0) is 89.3. The van der Waals surface area contributed by atoms with Crippen LogP contribution >= 0.6 is 15.6 Å². The highest BCUT2D eigenvalue weighted by atomic mass is 31.2. The van der Waals surface area contributed by atoms with Crippen molar-refractivity contribution in [2.45, 2.75) is 411 Å². The van der Waals surface area contributed by atoms with Crippen LogP contribution in [-0.2, 0) is 55.8 Å². The van der Waals surface area contributed by atoms with Crippen LogP contribution in [0.3, 0.4) is 0 Å². The van der Waals surface area contributed by atoms with E-state index in [0.29, 0.717) is 25.7 Å². The fourth-order valence-electron chi connectivity index (χ4n) is 13.1. The first-order valence-electron chi connectivity index (χ1n) is 48.7. The first-order chi connectivity index (χ1) is 60.2. The number of allylic oxidation sites excluding steroid dienone is 32. The van der Waals surface area contributed by atoms with Gasteiger partial charge < -0.3 is 34.2 Å². The first-order valence-corrected chi connectivity index (χ1v) is 51.7. The van der Waals surface area contributed by atoms with Crippen LogP contribution in [0.5, 0.6) is 0 Å². The van der Waals surface area contributed by atoms with E-state index in [1.165, 1.54) is 186 Å². The van der Waals surface area contributed by atoms with E-state index < -0.39 is 91.5 Å². The highest BCUT2D eigenvalue weighted by molar-refractivity contribution is 7.47. The van der Waals surface area contributed by atoms with Crippen molar-refractivity contribution in [2.75, 3.05) is 39.6 Å². The SMILES string of the molecule is CC/C=C\C/C=C\C/C=C\C/C=C\C/C=C\C/C=C\CCCCCCCCCCCCCCCCCCC(=O)OCC(O)COP(=O)(O)OCC(O)COP(=O)(O)OCC(COC(=O)CCCCCCCCCCCCCCCCCCCCC/C=C\C/C=C\C/C=C\C/C=C\C/C=C\CC)OC(=O)CCC/C=C\C/C=C\C/C=C\C/C=C\C/C=C\CC. The minimum atomic E-state index is -4.96. The lowest BCUT2D eigenvalue weighted by molar-refractivity contribution is -0.161. The Balaban J connectivity index is 4.47. The van der Waals surface area contributed by atoms with Crippen molar-refractivity contribution in [3.05, 3.63) is 194 Å². The van der Waals surface area contributed by atoms with Crippen LogP contribution < -0.4 is 0 Å². The van der Waals surface area contributed by atoms with E-state index in [0.717, 1.165) is 141 Å². The average molecular weight is 1760 g/mol. The summed E-state index contributed by atoms with van der Waals surface area (Å²) in [5, 5.41) is 20.7. The number of carbonyl (C=O) groups excluding carboxylic acids is 3. The van der Waals surface area contributed by atoms with Crippen LogP contribution in [0.25, 0.3) is 0 Å². The molecule has 0 spiro atoms. The largest absolute Gasteiger partial charge is 0.472 e. The van der Waals surface area contributed by atoms with Gasteiger partial charge in [-0.15, -0.1) is 0 Å². The van der Waals surface area contributed by atoms with Crippen LogP contribution in [0.2, 0.25) is 0 Å². The molecular weight excluding hydrogens is 1580 g/mol. The fraction of sp³-hybridized carbons (Fsp3) is 0.667. The quantitative estimate of drug-likeness (QED) is 0.0146. The van der Waals surface area contributed by atoms with Crippen molar-refractivity contribution < 1.29 is 75.8 Å². The van der Waals surface area contributed by atoms with Crippen molar-refractivity contribution in [3.63, 3.8) is 0 Å². The molecule has 0 saturated heterocycles. The Labute approximate surface area is 750 Å². The molecule has 0 saturated carbocycles.